The molecule has 0 aliphatic carbocycles. The smallest absolute Gasteiger partial charge is 0.129 e. The zero-order valence-electron chi connectivity index (χ0n) is 10.8. The molecule has 2 heterocycles. The van der Waals surface area contributed by atoms with Gasteiger partial charge >= 0.3 is 0 Å². The predicted octanol–water partition coefficient (Wildman–Crippen LogP) is 2.40. The number of hydrogen-bond acceptors (Lipinski definition) is 4. The van der Waals surface area contributed by atoms with Crippen LogP contribution >= 0.6 is 0 Å². The third kappa shape index (κ3) is 3.52. The summed E-state index contributed by atoms with van der Waals surface area (Å²) in [4.78, 5) is 12.7. The highest BCUT2D eigenvalue weighted by atomic mass is 15.0. The van der Waals surface area contributed by atoms with E-state index in [4.69, 9.17) is 0 Å². The van der Waals surface area contributed by atoms with Crippen molar-refractivity contribution in [1.82, 2.24) is 15.0 Å². The van der Waals surface area contributed by atoms with Crippen molar-refractivity contribution >= 4 is 5.82 Å². The van der Waals surface area contributed by atoms with Gasteiger partial charge in [-0.25, -0.2) is 9.97 Å². The van der Waals surface area contributed by atoms with Crippen molar-refractivity contribution in [3.05, 3.63) is 47.7 Å². The molecule has 18 heavy (non-hydrogen) atoms. The van der Waals surface area contributed by atoms with Crippen LogP contribution in [0.3, 0.4) is 0 Å². The molecule has 4 heteroatoms. The van der Waals surface area contributed by atoms with Crippen LogP contribution < -0.4 is 5.32 Å². The van der Waals surface area contributed by atoms with Crippen LogP contribution in [-0.4, -0.2) is 21.5 Å². The molecule has 0 aliphatic heterocycles. The van der Waals surface area contributed by atoms with Gasteiger partial charge in [0.05, 0.1) is 0 Å². The Bertz CT molecular complexity index is 496. The molecular weight excluding hydrogens is 224 g/mol. The maximum Gasteiger partial charge on any atom is 0.129 e. The fourth-order valence-corrected chi connectivity index (χ4v) is 1.79. The van der Waals surface area contributed by atoms with Crippen molar-refractivity contribution in [3.63, 3.8) is 0 Å². The minimum absolute atomic E-state index is 0.820. The Labute approximate surface area is 108 Å². The van der Waals surface area contributed by atoms with Gasteiger partial charge in [-0.15, -0.1) is 0 Å². The van der Waals surface area contributed by atoms with Gasteiger partial charge in [0.1, 0.15) is 11.6 Å². The SMILES string of the molecule is CCc1cc(NCCc2ccncc2)nc(C)n1. The van der Waals surface area contributed by atoms with Crippen molar-refractivity contribution in [1.29, 1.82) is 0 Å². The second-order valence-electron chi connectivity index (χ2n) is 4.18. The van der Waals surface area contributed by atoms with Gasteiger partial charge in [-0.1, -0.05) is 6.92 Å². The fourth-order valence-electron chi connectivity index (χ4n) is 1.79. The molecule has 0 spiro atoms. The van der Waals surface area contributed by atoms with E-state index in [0.717, 1.165) is 36.7 Å². The summed E-state index contributed by atoms with van der Waals surface area (Å²) in [7, 11) is 0. The molecule has 0 atom stereocenters. The summed E-state index contributed by atoms with van der Waals surface area (Å²) >= 11 is 0. The van der Waals surface area contributed by atoms with Gasteiger partial charge in [-0.3, -0.25) is 4.98 Å². The molecule has 0 saturated carbocycles. The van der Waals surface area contributed by atoms with Crippen LogP contribution in [0.25, 0.3) is 0 Å². The van der Waals surface area contributed by atoms with E-state index in [1.165, 1.54) is 5.56 Å². The summed E-state index contributed by atoms with van der Waals surface area (Å²) in [6, 6.07) is 6.08. The molecule has 0 fully saturated rings. The van der Waals surface area contributed by atoms with Gasteiger partial charge in [0.25, 0.3) is 0 Å². The van der Waals surface area contributed by atoms with Crippen molar-refractivity contribution in [2.45, 2.75) is 26.7 Å². The van der Waals surface area contributed by atoms with Gasteiger partial charge in [0.2, 0.25) is 0 Å². The Hall–Kier alpha value is -1.97. The van der Waals surface area contributed by atoms with Gasteiger partial charge in [-0.2, -0.15) is 0 Å². The molecule has 0 bridgehead atoms. The summed E-state index contributed by atoms with van der Waals surface area (Å²) < 4.78 is 0. The number of hydrogen-bond donors (Lipinski definition) is 1. The number of pyridine rings is 1. The van der Waals surface area contributed by atoms with Crippen molar-refractivity contribution in [2.75, 3.05) is 11.9 Å². The first-order chi connectivity index (χ1) is 8.78. The maximum absolute atomic E-state index is 4.38. The fraction of sp³-hybridized carbons (Fsp3) is 0.357. The molecule has 4 nitrogen and oxygen atoms in total. The Morgan fingerprint density at radius 1 is 1.17 bits per heavy atom. The molecule has 0 unspecified atom stereocenters. The third-order valence-corrected chi connectivity index (χ3v) is 2.72. The second-order valence-corrected chi connectivity index (χ2v) is 4.18. The molecule has 0 amide bonds. The summed E-state index contributed by atoms with van der Waals surface area (Å²) in [5, 5.41) is 3.34. The topological polar surface area (TPSA) is 50.7 Å². The van der Waals surface area contributed by atoms with Crippen LogP contribution in [0.5, 0.6) is 0 Å². The monoisotopic (exact) mass is 242 g/mol. The molecule has 0 aliphatic rings. The van der Waals surface area contributed by atoms with E-state index >= 15 is 0 Å². The number of nitrogens with zero attached hydrogens (tertiary/aromatic N) is 3. The van der Waals surface area contributed by atoms with E-state index in [-0.39, 0.29) is 0 Å². The molecule has 94 valence electrons. The lowest BCUT2D eigenvalue weighted by Crippen LogP contribution is -2.08. The van der Waals surface area contributed by atoms with Crippen LogP contribution in [0.2, 0.25) is 0 Å². The molecule has 2 aromatic heterocycles. The van der Waals surface area contributed by atoms with Crippen LogP contribution in [0.15, 0.2) is 30.6 Å². The molecule has 0 aromatic carbocycles. The van der Waals surface area contributed by atoms with Crippen molar-refractivity contribution in [3.8, 4) is 0 Å². The summed E-state index contributed by atoms with van der Waals surface area (Å²) in [5.74, 6) is 1.73. The molecule has 2 aromatic rings. The highest BCUT2D eigenvalue weighted by Crippen LogP contribution is 2.07. The summed E-state index contributed by atoms with van der Waals surface area (Å²) in [6.45, 7) is 4.89. The van der Waals surface area contributed by atoms with E-state index in [1.807, 2.05) is 37.5 Å². The van der Waals surface area contributed by atoms with Gasteiger partial charge in [-0.05, 0) is 37.5 Å². The van der Waals surface area contributed by atoms with Crippen LogP contribution in [0.4, 0.5) is 5.82 Å². The Morgan fingerprint density at radius 2 is 1.94 bits per heavy atom. The van der Waals surface area contributed by atoms with E-state index in [2.05, 4.69) is 27.2 Å². The summed E-state index contributed by atoms with van der Waals surface area (Å²) in [6.07, 6.45) is 5.54. The lowest BCUT2D eigenvalue weighted by molar-refractivity contribution is 0.932. The summed E-state index contributed by atoms with van der Waals surface area (Å²) in [5.41, 5.74) is 2.35. The average molecular weight is 242 g/mol. The van der Waals surface area contributed by atoms with Gasteiger partial charge in [0.15, 0.2) is 0 Å². The average Bonchev–Trinajstić information content (AvgIpc) is 2.39. The first-order valence-corrected chi connectivity index (χ1v) is 6.25. The van der Waals surface area contributed by atoms with Crippen LogP contribution in [-0.2, 0) is 12.8 Å². The standard InChI is InChI=1S/C14H18N4/c1-3-13-10-14(18-11(2)17-13)16-9-6-12-4-7-15-8-5-12/h4-5,7-8,10H,3,6,9H2,1-2H3,(H,16,17,18). The number of aromatic nitrogens is 3. The van der Waals surface area contributed by atoms with E-state index in [1.54, 1.807) is 0 Å². The zero-order valence-corrected chi connectivity index (χ0v) is 10.8. The Balaban J connectivity index is 1.92. The minimum Gasteiger partial charge on any atom is -0.370 e. The second kappa shape index (κ2) is 6.10. The van der Waals surface area contributed by atoms with Gasteiger partial charge in [0, 0.05) is 30.7 Å². The quantitative estimate of drug-likeness (QED) is 0.874. The molecule has 0 radical (unpaired) electrons. The van der Waals surface area contributed by atoms with Crippen molar-refractivity contribution < 1.29 is 0 Å². The normalized spacial score (nSPS) is 10.3. The van der Waals surface area contributed by atoms with Gasteiger partial charge < -0.3 is 5.32 Å². The molecule has 0 saturated heterocycles. The predicted molar refractivity (Wildman–Crippen MR) is 72.6 cm³/mol. The molecule has 2 rings (SSSR count). The highest BCUT2D eigenvalue weighted by molar-refractivity contribution is 5.36. The largest absolute Gasteiger partial charge is 0.370 e. The van der Waals surface area contributed by atoms with E-state index in [0.29, 0.717) is 0 Å². The number of anilines is 1. The third-order valence-electron chi connectivity index (χ3n) is 2.72. The molecular formula is C14H18N4. The first kappa shape index (κ1) is 12.5. The number of rotatable bonds is 5. The lowest BCUT2D eigenvalue weighted by atomic mass is 10.2. The highest BCUT2D eigenvalue weighted by Gasteiger charge is 2.00. The molecule has 1 N–H and O–H groups in total. The lowest BCUT2D eigenvalue weighted by Gasteiger charge is -2.07. The van der Waals surface area contributed by atoms with E-state index < -0.39 is 0 Å². The maximum atomic E-state index is 4.38. The number of nitrogens with one attached hydrogen (secondary N) is 1. The van der Waals surface area contributed by atoms with Crippen LogP contribution in [0, 0.1) is 6.92 Å². The number of aryl methyl sites for hydroxylation is 2. The zero-order chi connectivity index (χ0) is 12.8. The van der Waals surface area contributed by atoms with Crippen molar-refractivity contribution in [2.24, 2.45) is 0 Å². The Kier molecular flexibility index (Phi) is 4.23. The minimum atomic E-state index is 0.820. The first-order valence-electron chi connectivity index (χ1n) is 6.25. The Morgan fingerprint density at radius 3 is 2.67 bits per heavy atom. The van der Waals surface area contributed by atoms with Crippen LogP contribution in [0.1, 0.15) is 24.0 Å². The van der Waals surface area contributed by atoms with E-state index in [9.17, 15) is 0 Å².